The number of nitrogens with two attached hydrogens (primary N) is 1. The Morgan fingerprint density at radius 1 is 1.35 bits per heavy atom. The maximum atomic E-state index is 12.8. The van der Waals surface area contributed by atoms with E-state index in [1.165, 1.54) is 12.8 Å². The number of piperidine rings is 1. The van der Waals surface area contributed by atoms with E-state index in [0.717, 1.165) is 32.1 Å². The highest BCUT2D eigenvalue weighted by Crippen LogP contribution is 2.50. The van der Waals surface area contributed by atoms with Crippen molar-refractivity contribution in [3.8, 4) is 6.07 Å². The summed E-state index contributed by atoms with van der Waals surface area (Å²) in [6.07, 6.45) is 2.32. The summed E-state index contributed by atoms with van der Waals surface area (Å²) < 4.78 is 31.7. The minimum atomic E-state index is -5.08. The molecule has 4 atom stereocenters. The Bertz CT molecular complexity index is 596. The SMILES string of the molecule is CCC1([C@H](N)C(=O)N2[C@H](C#N)C[C@@H]3C[C@@H]32)CCCC1.O=C(O)C(F)(F)F. The number of carboxylic acid groups (broad SMARTS) is 1. The number of carbonyl (C=O) groups is 2. The van der Waals surface area contributed by atoms with Crippen molar-refractivity contribution in [3.05, 3.63) is 0 Å². The van der Waals surface area contributed by atoms with Crippen molar-refractivity contribution in [2.75, 3.05) is 0 Å². The van der Waals surface area contributed by atoms with E-state index in [9.17, 15) is 23.2 Å². The third kappa shape index (κ3) is 3.95. The van der Waals surface area contributed by atoms with Crippen molar-refractivity contribution in [2.45, 2.75) is 76.2 Å². The highest BCUT2D eigenvalue weighted by atomic mass is 19.4. The first kappa shape index (κ1) is 20.5. The molecule has 2 saturated carbocycles. The molecular weight excluding hydrogens is 351 g/mol. The minimum Gasteiger partial charge on any atom is -0.475 e. The molecule has 0 aromatic heterocycles. The van der Waals surface area contributed by atoms with E-state index in [-0.39, 0.29) is 17.4 Å². The van der Waals surface area contributed by atoms with Gasteiger partial charge in [-0.15, -0.1) is 0 Å². The Morgan fingerprint density at radius 3 is 2.31 bits per heavy atom. The number of likely N-dealkylation sites (tertiary alicyclic amines) is 1. The zero-order chi connectivity index (χ0) is 19.7. The van der Waals surface area contributed by atoms with E-state index in [4.69, 9.17) is 15.6 Å². The van der Waals surface area contributed by atoms with Gasteiger partial charge in [-0.2, -0.15) is 18.4 Å². The van der Waals surface area contributed by atoms with Crippen LogP contribution in [0.25, 0.3) is 0 Å². The largest absolute Gasteiger partial charge is 0.490 e. The first-order chi connectivity index (χ1) is 12.1. The molecule has 3 fully saturated rings. The zero-order valence-corrected chi connectivity index (χ0v) is 14.6. The monoisotopic (exact) mass is 375 g/mol. The number of nitriles is 1. The van der Waals surface area contributed by atoms with Crippen LogP contribution < -0.4 is 5.73 Å². The molecule has 1 aliphatic heterocycles. The van der Waals surface area contributed by atoms with Gasteiger partial charge in [-0.05, 0) is 43.4 Å². The number of fused-ring (bicyclic) bond motifs is 1. The smallest absolute Gasteiger partial charge is 0.475 e. The molecule has 0 radical (unpaired) electrons. The number of rotatable bonds is 3. The second-order valence-corrected chi connectivity index (χ2v) is 7.39. The Labute approximate surface area is 150 Å². The normalized spacial score (nSPS) is 29.8. The standard InChI is InChI=1S/C15H23N3O.C2HF3O2/c1-2-15(5-3-4-6-15)13(17)14(19)18-11(9-16)7-10-8-12(10)18;3-2(4,5)1(6)7/h10-13H,2-8,17H2,1H3;(H,6,7)/t10-,11+,12+,13-;/m1./s1. The summed E-state index contributed by atoms with van der Waals surface area (Å²) in [7, 11) is 0. The maximum absolute atomic E-state index is 12.8. The molecule has 2 aliphatic carbocycles. The van der Waals surface area contributed by atoms with Crippen LogP contribution >= 0.6 is 0 Å². The summed E-state index contributed by atoms with van der Waals surface area (Å²) in [5.74, 6) is -2.14. The van der Waals surface area contributed by atoms with Gasteiger partial charge < -0.3 is 15.7 Å². The van der Waals surface area contributed by atoms with Crippen molar-refractivity contribution in [1.82, 2.24) is 4.90 Å². The van der Waals surface area contributed by atoms with Gasteiger partial charge in [0.05, 0.1) is 12.1 Å². The van der Waals surface area contributed by atoms with Crippen molar-refractivity contribution in [3.63, 3.8) is 0 Å². The number of alkyl halides is 3. The van der Waals surface area contributed by atoms with Crippen molar-refractivity contribution in [1.29, 1.82) is 5.26 Å². The van der Waals surface area contributed by atoms with Crippen LogP contribution in [0.3, 0.4) is 0 Å². The molecule has 0 unspecified atom stereocenters. The van der Waals surface area contributed by atoms with Gasteiger partial charge in [0, 0.05) is 6.04 Å². The lowest BCUT2D eigenvalue weighted by atomic mass is 9.76. The Morgan fingerprint density at radius 2 is 1.88 bits per heavy atom. The fraction of sp³-hybridized carbons (Fsp3) is 0.824. The van der Waals surface area contributed by atoms with Crippen molar-refractivity contribution < 1.29 is 27.9 Å². The third-order valence-corrected chi connectivity index (χ3v) is 5.98. The fourth-order valence-corrected chi connectivity index (χ4v) is 4.28. The van der Waals surface area contributed by atoms with Crippen LogP contribution in [0.1, 0.15) is 51.9 Å². The molecule has 0 aromatic carbocycles. The molecule has 0 spiro atoms. The third-order valence-electron chi connectivity index (χ3n) is 5.98. The highest BCUT2D eigenvalue weighted by Gasteiger charge is 2.56. The molecule has 6 nitrogen and oxygen atoms in total. The maximum Gasteiger partial charge on any atom is 0.490 e. The van der Waals surface area contributed by atoms with Crippen LogP contribution in [0.5, 0.6) is 0 Å². The predicted octanol–water partition coefficient (Wildman–Crippen LogP) is 2.43. The number of nitrogens with zero attached hydrogens (tertiary/aromatic N) is 2. The van der Waals surface area contributed by atoms with Gasteiger partial charge >= 0.3 is 12.1 Å². The van der Waals surface area contributed by atoms with E-state index < -0.39 is 18.2 Å². The van der Waals surface area contributed by atoms with Gasteiger partial charge in [0.1, 0.15) is 6.04 Å². The van der Waals surface area contributed by atoms with Crippen LogP contribution in [0.2, 0.25) is 0 Å². The number of halogens is 3. The molecule has 26 heavy (non-hydrogen) atoms. The van der Waals surface area contributed by atoms with Gasteiger partial charge in [-0.3, -0.25) is 4.79 Å². The molecule has 3 rings (SSSR count). The average molecular weight is 375 g/mol. The molecule has 1 amide bonds. The molecule has 1 saturated heterocycles. The van der Waals surface area contributed by atoms with Crippen LogP contribution in [0.4, 0.5) is 13.2 Å². The highest BCUT2D eigenvalue weighted by molar-refractivity contribution is 5.84. The first-order valence-corrected chi connectivity index (χ1v) is 8.85. The summed E-state index contributed by atoms with van der Waals surface area (Å²) in [6.45, 7) is 2.14. The van der Waals surface area contributed by atoms with Gasteiger partial charge in [0.25, 0.3) is 0 Å². The van der Waals surface area contributed by atoms with E-state index in [2.05, 4.69) is 13.0 Å². The van der Waals surface area contributed by atoms with Gasteiger partial charge in [-0.25, -0.2) is 4.79 Å². The number of carboxylic acids is 1. The van der Waals surface area contributed by atoms with Gasteiger partial charge in [0.15, 0.2) is 0 Å². The Hall–Kier alpha value is -1.82. The van der Waals surface area contributed by atoms with E-state index in [0.29, 0.717) is 12.0 Å². The lowest BCUT2D eigenvalue weighted by molar-refractivity contribution is -0.192. The van der Waals surface area contributed by atoms with Crippen LogP contribution in [-0.4, -0.2) is 46.2 Å². The lowest BCUT2D eigenvalue weighted by Crippen LogP contribution is -2.54. The predicted molar refractivity (Wildman–Crippen MR) is 85.6 cm³/mol. The van der Waals surface area contributed by atoms with E-state index >= 15 is 0 Å². The topological polar surface area (TPSA) is 107 Å². The van der Waals surface area contributed by atoms with Crippen LogP contribution in [0.15, 0.2) is 0 Å². The lowest BCUT2D eigenvalue weighted by Gasteiger charge is -2.37. The van der Waals surface area contributed by atoms with Gasteiger partial charge in [-0.1, -0.05) is 19.8 Å². The number of carbonyl (C=O) groups excluding carboxylic acids is 1. The summed E-state index contributed by atoms with van der Waals surface area (Å²) in [5.41, 5.74) is 6.34. The van der Waals surface area contributed by atoms with E-state index in [1.54, 1.807) is 0 Å². The van der Waals surface area contributed by atoms with Crippen molar-refractivity contribution >= 4 is 11.9 Å². The van der Waals surface area contributed by atoms with E-state index in [1.807, 2.05) is 4.90 Å². The summed E-state index contributed by atoms with van der Waals surface area (Å²) >= 11 is 0. The number of hydrogen-bond acceptors (Lipinski definition) is 4. The zero-order valence-electron chi connectivity index (χ0n) is 14.6. The molecule has 146 valence electrons. The Balaban J connectivity index is 0.000000298. The molecular formula is C17H24F3N3O3. The number of aliphatic carboxylic acids is 1. The second-order valence-electron chi connectivity index (χ2n) is 7.39. The molecule has 0 bridgehead atoms. The quantitative estimate of drug-likeness (QED) is 0.788. The summed E-state index contributed by atoms with van der Waals surface area (Å²) in [6, 6.07) is 1.97. The molecule has 9 heteroatoms. The van der Waals surface area contributed by atoms with Crippen molar-refractivity contribution in [2.24, 2.45) is 17.1 Å². The Kier molecular flexibility index (Phi) is 5.85. The molecule has 0 aromatic rings. The first-order valence-electron chi connectivity index (χ1n) is 8.85. The van der Waals surface area contributed by atoms with Gasteiger partial charge in [0.2, 0.25) is 5.91 Å². The fourth-order valence-electron chi connectivity index (χ4n) is 4.28. The van der Waals surface area contributed by atoms with Crippen LogP contribution in [-0.2, 0) is 9.59 Å². The second kappa shape index (κ2) is 7.43. The molecule has 3 N–H and O–H groups in total. The summed E-state index contributed by atoms with van der Waals surface area (Å²) in [4.78, 5) is 23.5. The number of hydrogen-bond donors (Lipinski definition) is 2. The average Bonchev–Trinajstić information content (AvgIpc) is 3.03. The summed E-state index contributed by atoms with van der Waals surface area (Å²) in [5, 5.41) is 16.3. The number of amides is 1. The molecule has 1 heterocycles. The molecule has 3 aliphatic rings. The minimum absolute atomic E-state index is 0.00986. The van der Waals surface area contributed by atoms with Crippen LogP contribution in [0, 0.1) is 22.7 Å².